The Bertz CT molecular complexity index is 340. The maximum absolute atomic E-state index is 11.7. The molecule has 19 heavy (non-hydrogen) atoms. The summed E-state index contributed by atoms with van der Waals surface area (Å²) >= 11 is 0. The van der Waals surface area contributed by atoms with Gasteiger partial charge in [0.2, 0.25) is 5.91 Å². The Morgan fingerprint density at radius 1 is 1.26 bits per heavy atom. The molecule has 0 aromatic rings. The summed E-state index contributed by atoms with van der Waals surface area (Å²) < 4.78 is 0. The second kappa shape index (κ2) is 7.60. The van der Waals surface area contributed by atoms with Gasteiger partial charge in [-0.05, 0) is 19.3 Å². The monoisotopic (exact) mass is 271 g/mol. The van der Waals surface area contributed by atoms with Crippen LogP contribution in [0.15, 0.2) is 0 Å². The van der Waals surface area contributed by atoms with Gasteiger partial charge in [0.05, 0.1) is 6.54 Å². The van der Waals surface area contributed by atoms with Crippen molar-refractivity contribution in [1.82, 2.24) is 15.5 Å². The number of amides is 3. The minimum atomic E-state index is -1.07. The lowest BCUT2D eigenvalue weighted by atomic mass is 10.2. The van der Waals surface area contributed by atoms with Gasteiger partial charge in [-0.2, -0.15) is 0 Å². The van der Waals surface area contributed by atoms with E-state index in [1.807, 2.05) is 6.92 Å². The van der Waals surface area contributed by atoms with Crippen LogP contribution in [0.2, 0.25) is 0 Å². The van der Waals surface area contributed by atoms with E-state index in [4.69, 9.17) is 5.11 Å². The van der Waals surface area contributed by atoms with Crippen LogP contribution >= 0.6 is 0 Å². The summed E-state index contributed by atoms with van der Waals surface area (Å²) in [6.45, 7) is 3.21. The lowest BCUT2D eigenvalue weighted by Gasteiger charge is -2.17. The largest absolute Gasteiger partial charge is 0.480 e. The van der Waals surface area contributed by atoms with Crippen molar-refractivity contribution in [3.8, 4) is 0 Å². The molecule has 1 aliphatic heterocycles. The van der Waals surface area contributed by atoms with Gasteiger partial charge in [0.25, 0.3) is 0 Å². The first-order valence-electron chi connectivity index (χ1n) is 6.59. The van der Waals surface area contributed by atoms with Crippen molar-refractivity contribution in [2.24, 2.45) is 0 Å². The molecule has 3 amide bonds. The van der Waals surface area contributed by atoms with Gasteiger partial charge in [-0.1, -0.05) is 13.3 Å². The van der Waals surface area contributed by atoms with Gasteiger partial charge in [0.15, 0.2) is 0 Å². The number of likely N-dealkylation sites (tertiary alicyclic amines) is 1. The summed E-state index contributed by atoms with van der Waals surface area (Å²) in [5.74, 6) is -1.20. The van der Waals surface area contributed by atoms with E-state index in [-0.39, 0.29) is 12.5 Å². The van der Waals surface area contributed by atoms with Gasteiger partial charge in [0.1, 0.15) is 6.04 Å². The van der Waals surface area contributed by atoms with E-state index in [1.165, 1.54) is 0 Å². The molecule has 0 aliphatic carbocycles. The number of carbonyl (C=O) groups is 3. The van der Waals surface area contributed by atoms with Crippen molar-refractivity contribution in [3.05, 3.63) is 0 Å². The van der Waals surface area contributed by atoms with E-state index < -0.39 is 18.0 Å². The second-order valence-corrected chi connectivity index (χ2v) is 4.59. The molecular formula is C12H21N3O4. The zero-order valence-corrected chi connectivity index (χ0v) is 11.1. The second-order valence-electron chi connectivity index (χ2n) is 4.59. The third kappa shape index (κ3) is 5.15. The summed E-state index contributed by atoms with van der Waals surface area (Å²) in [6.07, 6.45) is 3.01. The van der Waals surface area contributed by atoms with Gasteiger partial charge in [-0.3, -0.25) is 4.79 Å². The quantitative estimate of drug-likeness (QED) is 0.641. The van der Waals surface area contributed by atoms with Crippen LogP contribution in [-0.2, 0) is 9.59 Å². The number of urea groups is 1. The molecule has 0 saturated carbocycles. The van der Waals surface area contributed by atoms with Crippen molar-refractivity contribution in [1.29, 1.82) is 0 Å². The molecule has 1 atom stereocenters. The Morgan fingerprint density at radius 3 is 2.42 bits per heavy atom. The highest BCUT2D eigenvalue weighted by Crippen LogP contribution is 2.06. The third-order valence-corrected chi connectivity index (χ3v) is 3.04. The predicted molar refractivity (Wildman–Crippen MR) is 68.7 cm³/mol. The topological polar surface area (TPSA) is 98.7 Å². The molecule has 7 nitrogen and oxygen atoms in total. The third-order valence-electron chi connectivity index (χ3n) is 3.04. The Balaban J connectivity index is 2.29. The normalized spacial score (nSPS) is 15.9. The average molecular weight is 271 g/mol. The number of hydrogen-bond donors (Lipinski definition) is 3. The maximum Gasteiger partial charge on any atom is 0.326 e. The Morgan fingerprint density at radius 2 is 1.89 bits per heavy atom. The number of nitrogens with one attached hydrogen (secondary N) is 2. The summed E-state index contributed by atoms with van der Waals surface area (Å²) in [4.78, 5) is 35.7. The van der Waals surface area contributed by atoms with Crippen molar-refractivity contribution in [2.45, 2.75) is 38.6 Å². The highest BCUT2D eigenvalue weighted by Gasteiger charge is 2.21. The summed E-state index contributed by atoms with van der Waals surface area (Å²) in [5.41, 5.74) is 0. The van der Waals surface area contributed by atoms with E-state index in [0.29, 0.717) is 12.8 Å². The molecule has 1 saturated heterocycles. The molecule has 108 valence electrons. The van der Waals surface area contributed by atoms with E-state index in [9.17, 15) is 14.4 Å². The first-order chi connectivity index (χ1) is 9.04. The first kappa shape index (κ1) is 15.3. The van der Waals surface area contributed by atoms with Gasteiger partial charge in [-0.15, -0.1) is 0 Å². The standard InChI is InChI=1S/C12H21N3O4/c1-2-5-9(11(17)18)14-12(19)13-8-10(16)15-6-3-4-7-15/h9H,2-8H2,1H3,(H,17,18)(H2,13,14,19). The molecule has 0 spiro atoms. The fraction of sp³-hybridized carbons (Fsp3) is 0.750. The maximum atomic E-state index is 11.7. The fourth-order valence-corrected chi connectivity index (χ4v) is 1.99. The number of rotatable bonds is 6. The van der Waals surface area contributed by atoms with Crippen molar-refractivity contribution >= 4 is 17.9 Å². The molecule has 1 rings (SSSR count). The van der Waals surface area contributed by atoms with Gasteiger partial charge < -0.3 is 20.6 Å². The number of aliphatic carboxylic acids is 1. The summed E-state index contributed by atoms with van der Waals surface area (Å²) in [5, 5.41) is 13.6. The number of carbonyl (C=O) groups excluding carboxylic acids is 2. The molecular weight excluding hydrogens is 250 g/mol. The molecule has 7 heteroatoms. The molecule has 1 heterocycles. The SMILES string of the molecule is CCCC(NC(=O)NCC(=O)N1CCCC1)C(=O)O. The fourth-order valence-electron chi connectivity index (χ4n) is 1.99. The van der Waals surface area contributed by atoms with Crippen LogP contribution in [0.1, 0.15) is 32.6 Å². The summed E-state index contributed by atoms with van der Waals surface area (Å²) in [6, 6.07) is -1.53. The molecule has 0 aromatic heterocycles. The van der Waals surface area contributed by atoms with Gasteiger partial charge >= 0.3 is 12.0 Å². The van der Waals surface area contributed by atoms with Crippen molar-refractivity contribution in [3.63, 3.8) is 0 Å². The Kier molecular flexibility index (Phi) is 6.11. The molecule has 3 N–H and O–H groups in total. The number of carboxylic acids is 1. The number of carboxylic acid groups (broad SMARTS) is 1. The zero-order chi connectivity index (χ0) is 14.3. The van der Waals surface area contributed by atoms with Gasteiger partial charge in [-0.25, -0.2) is 9.59 Å². The van der Waals surface area contributed by atoms with E-state index in [2.05, 4.69) is 10.6 Å². The lowest BCUT2D eigenvalue weighted by Crippen LogP contribution is -2.48. The smallest absolute Gasteiger partial charge is 0.326 e. The molecule has 1 fully saturated rings. The average Bonchev–Trinajstić information content (AvgIpc) is 2.89. The minimum Gasteiger partial charge on any atom is -0.480 e. The predicted octanol–water partition coefficient (Wildman–Crippen LogP) is 0.161. The Hall–Kier alpha value is -1.79. The minimum absolute atomic E-state index is 0.0930. The summed E-state index contributed by atoms with van der Waals surface area (Å²) in [7, 11) is 0. The number of hydrogen-bond acceptors (Lipinski definition) is 3. The van der Waals surface area contributed by atoms with Gasteiger partial charge in [0, 0.05) is 13.1 Å². The van der Waals surface area contributed by atoms with Crippen molar-refractivity contribution in [2.75, 3.05) is 19.6 Å². The van der Waals surface area contributed by atoms with Crippen LogP contribution in [0.25, 0.3) is 0 Å². The molecule has 1 unspecified atom stereocenters. The highest BCUT2D eigenvalue weighted by atomic mass is 16.4. The van der Waals surface area contributed by atoms with Crippen LogP contribution in [0, 0.1) is 0 Å². The molecule has 0 radical (unpaired) electrons. The molecule has 1 aliphatic rings. The lowest BCUT2D eigenvalue weighted by molar-refractivity contribution is -0.139. The first-order valence-corrected chi connectivity index (χ1v) is 6.59. The zero-order valence-electron chi connectivity index (χ0n) is 11.1. The van der Waals surface area contributed by atoms with Crippen LogP contribution < -0.4 is 10.6 Å². The molecule has 0 aromatic carbocycles. The Labute approximate surface area is 112 Å². The highest BCUT2D eigenvalue weighted by molar-refractivity contribution is 5.86. The van der Waals surface area contributed by atoms with E-state index >= 15 is 0 Å². The van der Waals surface area contributed by atoms with Crippen LogP contribution in [-0.4, -0.2) is 53.6 Å². The van der Waals surface area contributed by atoms with E-state index in [0.717, 1.165) is 25.9 Å². The van der Waals surface area contributed by atoms with Crippen LogP contribution in [0.5, 0.6) is 0 Å². The van der Waals surface area contributed by atoms with Crippen LogP contribution in [0.3, 0.4) is 0 Å². The molecule has 0 bridgehead atoms. The number of nitrogens with zero attached hydrogens (tertiary/aromatic N) is 1. The van der Waals surface area contributed by atoms with Crippen molar-refractivity contribution < 1.29 is 19.5 Å². The van der Waals surface area contributed by atoms with E-state index in [1.54, 1.807) is 4.90 Å². The van der Waals surface area contributed by atoms with Crippen LogP contribution in [0.4, 0.5) is 4.79 Å².